The van der Waals surface area contributed by atoms with Gasteiger partial charge >= 0.3 is 0 Å². The number of hydrogen-bond donors (Lipinski definition) is 1. The van der Waals surface area contributed by atoms with Crippen molar-refractivity contribution < 1.29 is 17.9 Å². The van der Waals surface area contributed by atoms with Gasteiger partial charge in [-0.15, -0.1) is 0 Å². The van der Waals surface area contributed by atoms with Crippen molar-refractivity contribution in [1.82, 2.24) is 14.5 Å². The number of sulfonamides is 1. The molecule has 0 atom stereocenters. The van der Waals surface area contributed by atoms with Gasteiger partial charge in [-0.1, -0.05) is 23.7 Å². The molecule has 0 unspecified atom stereocenters. The number of benzene rings is 2. The van der Waals surface area contributed by atoms with E-state index >= 15 is 0 Å². The molecule has 9 heteroatoms. The summed E-state index contributed by atoms with van der Waals surface area (Å²) >= 11 is 5.89. The van der Waals surface area contributed by atoms with Gasteiger partial charge in [-0.25, -0.2) is 13.1 Å². The van der Waals surface area contributed by atoms with Crippen LogP contribution in [0.3, 0.4) is 0 Å². The molecule has 1 heterocycles. The molecule has 0 saturated carbocycles. The van der Waals surface area contributed by atoms with E-state index in [1.165, 1.54) is 19.2 Å². The number of methoxy groups -OCH3 is 1. The van der Waals surface area contributed by atoms with E-state index in [1.54, 1.807) is 35.2 Å². The minimum absolute atomic E-state index is 0.0379. The summed E-state index contributed by atoms with van der Waals surface area (Å²) in [4.78, 5) is 17.3. The molecule has 33 heavy (non-hydrogen) atoms. The standard InChI is InChI=1S/C24H32ClN3O4S/c1-24(2,3)28-13-5-12-27(14-15-28)23(29)19-8-11-21(32-4)22(16-19)33(30,31)26-17-18-6-9-20(25)10-7-18/h6-11,16,26H,5,12-15,17H2,1-4H3. The van der Waals surface area contributed by atoms with Gasteiger partial charge in [0, 0.05) is 48.8 Å². The van der Waals surface area contributed by atoms with E-state index in [-0.39, 0.29) is 28.6 Å². The molecule has 1 saturated heterocycles. The second kappa shape index (κ2) is 10.4. The summed E-state index contributed by atoms with van der Waals surface area (Å²) in [5.74, 6) is 0.00694. The lowest BCUT2D eigenvalue weighted by atomic mass is 10.1. The quantitative estimate of drug-likeness (QED) is 0.662. The fraction of sp³-hybridized carbons (Fsp3) is 0.458. The molecule has 0 radical (unpaired) electrons. The molecule has 0 aliphatic carbocycles. The van der Waals surface area contributed by atoms with Crippen LogP contribution in [0.15, 0.2) is 47.4 Å². The predicted molar refractivity (Wildman–Crippen MR) is 130 cm³/mol. The molecule has 1 fully saturated rings. The maximum Gasteiger partial charge on any atom is 0.253 e. The van der Waals surface area contributed by atoms with E-state index < -0.39 is 10.0 Å². The third kappa shape index (κ3) is 6.47. The Morgan fingerprint density at radius 1 is 1.06 bits per heavy atom. The number of nitrogens with zero attached hydrogens (tertiary/aromatic N) is 2. The minimum atomic E-state index is -3.92. The molecule has 1 aliphatic rings. The number of rotatable bonds is 6. The summed E-state index contributed by atoms with van der Waals surface area (Å²) in [5, 5.41) is 0.577. The Labute approximate surface area is 201 Å². The molecule has 1 amide bonds. The van der Waals surface area contributed by atoms with Crippen LogP contribution in [0, 0.1) is 0 Å². The van der Waals surface area contributed by atoms with E-state index in [1.807, 2.05) is 0 Å². The summed E-state index contributed by atoms with van der Waals surface area (Å²) in [6, 6.07) is 11.5. The Balaban J connectivity index is 1.79. The smallest absolute Gasteiger partial charge is 0.253 e. The van der Waals surface area contributed by atoms with Crippen molar-refractivity contribution >= 4 is 27.5 Å². The SMILES string of the molecule is COc1ccc(C(=O)N2CCCN(C(C)(C)C)CC2)cc1S(=O)(=O)NCc1ccc(Cl)cc1. The maximum atomic E-state index is 13.2. The van der Waals surface area contributed by atoms with Crippen molar-refractivity contribution in [3.63, 3.8) is 0 Å². The molecule has 7 nitrogen and oxygen atoms in total. The first kappa shape index (κ1) is 25.5. The number of halogens is 1. The van der Waals surface area contributed by atoms with Crippen LogP contribution in [0.4, 0.5) is 0 Å². The minimum Gasteiger partial charge on any atom is -0.495 e. The number of carbonyl (C=O) groups is 1. The van der Waals surface area contributed by atoms with E-state index in [9.17, 15) is 13.2 Å². The molecule has 0 bridgehead atoms. The Morgan fingerprint density at radius 3 is 2.39 bits per heavy atom. The van der Waals surface area contributed by atoms with Gasteiger partial charge < -0.3 is 9.64 Å². The van der Waals surface area contributed by atoms with E-state index in [0.29, 0.717) is 23.7 Å². The lowest BCUT2D eigenvalue weighted by Gasteiger charge is -2.34. The Hall–Kier alpha value is -2.13. The highest BCUT2D eigenvalue weighted by atomic mass is 35.5. The van der Waals surface area contributed by atoms with Gasteiger partial charge in [0.15, 0.2) is 0 Å². The predicted octanol–water partition coefficient (Wildman–Crippen LogP) is 3.77. The largest absolute Gasteiger partial charge is 0.495 e. The van der Waals surface area contributed by atoms with E-state index in [0.717, 1.165) is 25.1 Å². The van der Waals surface area contributed by atoms with Gasteiger partial charge in [0.25, 0.3) is 5.91 Å². The van der Waals surface area contributed by atoms with Crippen LogP contribution in [0.5, 0.6) is 5.75 Å². The number of amides is 1. The third-order valence-electron chi connectivity index (χ3n) is 5.81. The summed E-state index contributed by atoms with van der Waals surface area (Å²) in [6.45, 7) is 9.53. The van der Waals surface area contributed by atoms with Crippen LogP contribution in [-0.4, -0.2) is 63.0 Å². The van der Waals surface area contributed by atoms with Crippen molar-refractivity contribution in [1.29, 1.82) is 0 Å². The van der Waals surface area contributed by atoms with E-state index in [2.05, 4.69) is 30.4 Å². The van der Waals surface area contributed by atoms with Crippen LogP contribution >= 0.6 is 11.6 Å². The zero-order chi connectivity index (χ0) is 24.2. The van der Waals surface area contributed by atoms with Crippen LogP contribution in [0.2, 0.25) is 5.02 Å². The van der Waals surface area contributed by atoms with Crippen molar-refractivity contribution in [3.05, 3.63) is 58.6 Å². The first-order valence-corrected chi connectivity index (χ1v) is 12.8. The number of ether oxygens (including phenoxy) is 1. The molecule has 0 spiro atoms. The second-order valence-electron chi connectivity index (χ2n) is 9.12. The van der Waals surface area contributed by atoms with Crippen LogP contribution < -0.4 is 9.46 Å². The monoisotopic (exact) mass is 493 g/mol. The summed E-state index contributed by atoms with van der Waals surface area (Å²) in [7, 11) is -2.51. The Bertz CT molecular complexity index is 1080. The average Bonchev–Trinajstić information content (AvgIpc) is 3.04. The lowest BCUT2D eigenvalue weighted by Crippen LogP contribution is -2.44. The van der Waals surface area contributed by atoms with Crippen molar-refractivity contribution in [3.8, 4) is 5.75 Å². The molecule has 0 aromatic heterocycles. The Morgan fingerprint density at radius 2 is 1.76 bits per heavy atom. The highest BCUT2D eigenvalue weighted by molar-refractivity contribution is 7.89. The normalized spacial score (nSPS) is 15.8. The molecular formula is C24H32ClN3O4S. The summed E-state index contributed by atoms with van der Waals surface area (Å²) in [5.41, 5.74) is 1.13. The number of carbonyl (C=O) groups excluding carboxylic acids is 1. The Kier molecular flexibility index (Phi) is 8.05. The fourth-order valence-corrected chi connectivity index (χ4v) is 5.19. The highest BCUT2D eigenvalue weighted by Gasteiger charge is 2.28. The number of hydrogen-bond acceptors (Lipinski definition) is 5. The molecule has 1 aliphatic heterocycles. The van der Waals surface area contributed by atoms with Gasteiger partial charge in [0.2, 0.25) is 10.0 Å². The van der Waals surface area contributed by atoms with Crippen LogP contribution in [0.25, 0.3) is 0 Å². The topological polar surface area (TPSA) is 79.0 Å². The van der Waals surface area contributed by atoms with Crippen LogP contribution in [0.1, 0.15) is 43.1 Å². The van der Waals surface area contributed by atoms with Crippen molar-refractivity contribution in [2.75, 3.05) is 33.3 Å². The zero-order valence-corrected chi connectivity index (χ0v) is 21.2. The van der Waals surface area contributed by atoms with Crippen molar-refractivity contribution in [2.24, 2.45) is 0 Å². The van der Waals surface area contributed by atoms with Gasteiger partial charge in [0.1, 0.15) is 10.6 Å². The lowest BCUT2D eigenvalue weighted by molar-refractivity contribution is 0.0749. The fourth-order valence-electron chi connectivity index (χ4n) is 3.85. The molecule has 1 N–H and O–H groups in total. The summed E-state index contributed by atoms with van der Waals surface area (Å²) < 4.78 is 34.0. The van der Waals surface area contributed by atoms with Gasteiger partial charge in [-0.3, -0.25) is 9.69 Å². The molecule has 2 aromatic carbocycles. The molecule has 180 valence electrons. The molecular weight excluding hydrogens is 462 g/mol. The van der Waals surface area contributed by atoms with Crippen LogP contribution in [-0.2, 0) is 16.6 Å². The van der Waals surface area contributed by atoms with Gasteiger partial charge in [-0.05, 0) is 63.1 Å². The molecule has 3 rings (SSSR count). The first-order valence-electron chi connectivity index (χ1n) is 11.0. The number of nitrogens with one attached hydrogen (secondary N) is 1. The first-order chi connectivity index (χ1) is 15.5. The third-order valence-corrected chi connectivity index (χ3v) is 7.49. The molecule has 2 aromatic rings. The summed E-state index contributed by atoms with van der Waals surface area (Å²) in [6.07, 6.45) is 0.868. The van der Waals surface area contributed by atoms with Gasteiger partial charge in [-0.2, -0.15) is 0 Å². The van der Waals surface area contributed by atoms with Gasteiger partial charge in [0.05, 0.1) is 7.11 Å². The maximum absolute atomic E-state index is 13.2. The zero-order valence-electron chi connectivity index (χ0n) is 19.6. The average molecular weight is 494 g/mol. The highest BCUT2D eigenvalue weighted by Crippen LogP contribution is 2.26. The van der Waals surface area contributed by atoms with Crippen molar-refractivity contribution in [2.45, 2.75) is 44.2 Å². The van der Waals surface area contributed by atoms with E-state index in [4.69, 9.17) is 16.3 Å². The second-order valence-corrected chi connectivity index (χ2v) is 11.3.